The first-order valence-corrected chi connectivity index (χ1v) is 26.8. The van der Waals surface area contributed by atoms with Crippen molar-refractivity contribution >= 4 is 5.91 Å². The Kier molecular flexibility index (Phi) is 37.6. The van der Waals surface area contributed by atoms with Gasteiger partial charge in [0.2, 0.25) is 5.91 Å². The van der Waals surface area contributed by atoms with Gasteiger partial charge in [-0.15, -0.1) is 0 Å². The lowest BCUT2D eigenvalue weighted by molar-refractivity contribution is -0.359. The highest BCUT2D eigenvalue weighted by Gasteiger charge is 2.51. The van der Waals surface area contributed by atoms with Gasteiger partial charge in [0.15, 0.2) is 12.6 Å². The van der Waals surface area contributed by atoms with Crippen LogP contribution < -0.4 is 5.32 Å². The number of hydrogen-bond donors (Lipinski definition) is 9. The fourth-order valence-electron chi connectivity index (χ4n) is 8.19. The van der Waals surface area contributed by atoms with E-state index in [1.165, 1.54) is 57.8 Å². The van der Waals surface area contributed by atoms with Crippen LogP contribution in [0, 0.1) is 0 Å². The Balaban J connectivity index is 1.80. The Morgan fingerprint density at radius 1 is 0.529 bits per heavy atom. The summed E-state index contributed by atoms with van der Waals surface area (Å²) in [5.41, 5.74) is 0. The van der Waals surface area contributed by atoms with Crippen LogP contribution >= 0.6 is 0 Å². The molecule has 2 aliphatic rings. The van der Waals surface area contributed by atoms with Crippen molar-refractivity contribution in [2.75, 3.05) is 19.8 Å². The number of allylic oxidation sites excluding steroid dienone is 13. The highest BCUT2D eigenvalue weighted by atomic mass is 16.7. The van der Waals surface area contributed by atoms with E-state index in [4.69, 9.17) is 18.9 Å². The van der Waals surface area contributed by atoms with Crippen LogP contribution in [0.3, 0.4) is 0 Å². The lowest BCUT2D eigenvalue weighted by Gasteiger charge is -2.46. The van der Waals surface area contributed by atoms with Gasteiger partial charge in [0, 0.05) is 6.42 Å². The minimum atomic E-state index is -1.80. The molecule has 0 aromatic heterocycles. The van der Waals surface area contributed by atoms with Crippen LogP contribution in [0.1, 0.15) is 168 Å². The van der Waals surface area contributed by atoms with Gasteiger partial charge < -0.3 is 65.1 Å². The first-order valence-electron chi connectivity index (χ1n) is 26.8. The van der Waals surface area contributed by atoms with Gasteiger partial charge in [-0.3, -0.25) is 4.79 Å². The van der Waals surface area contributed by atoms with Gasteiger partial charge in [0.05, 0.1) is 32.0 Å². The number of carbonyl (C=O) groups is 1. The van der Waals surface area contributed by atoms with E-state index < -0.39 is 86.8 Å². The number of aliphatic hydroxyl groups excluding tert-OH is 8. The van der Waals surface area contributed by atoms with Gasteiger partial charge in [0.25, 0.3) is 0 Å². The fourth-order valence-corrected chi connectivity index (χ4v) is 8.19. The predicted molar refractivity (Wildman–Crippen MR) is 276 cm³/mol. The molecule has 2 saturated heterocycles. The van der Waals surface area contributed by atoms with Gasteiger partial charge >= 0.3 is 0 Å². The Morgan fingerprint density at radius 3 is 1.57 bits per heavy atom. The van der Waals surface area contributed by atoms with E-state index in [0.29, 0.717) is 12.8 Å². The zero-order chi connectivity index (χ0) is 51.0. The summed E-state index contributed by atoms with van der Waals surface area (Å²) in [7, 11) is 0. The van der Waals surface area contributed by atoms with Crippen LogP contribution in [0.5, 0.6) is 0 Å². The summed E-state index contributed by atoms with van der Waals surface area (Å²) in [4.78, 5) is 13.2. The topological polar surface area (TPSA) is 228 Å². The van der Waals surface area contributed by atoms with Gasteiger partial charge in [-0.25, -0.2) is 0 Å². The van der Waals surface area contributed by atoms with E-state index in [1.807, 2.05) is 6.08 Å². The molecule has 0 bridgehead atoms. The first kappa shape index (κ1) is 63.3. The van der Waals surface area contributed by atoms with Crippen molar-refractivity contribution in [3.8, 4) is 0 Å². The third kappa shape index (κ3) is 27.8. The van der Waals surface area contributed by atoms with Gasteiger partial charge in [-0.05, 0) is 83.5 Å². The molecule has 12 unspecified atom stereocenters. The monoisotopic (exact) mass is 990 g/mol. The van der Waals surface area contributed by atoms with E-state index >= 15 is 0 Å². The largest absolute Gasteiger partial charge is 0.394 e. The van der Waals surface area contributed by atoms with E-state index in [9.17, 15) is 45.6 Å². The summed E-state index contributed by atoms with van der Waals surface area (Å²) < 4.78 is 22.7. The molecule has 14 heteroatoms. The SMILES string of the molecule is CC/C=C\C/C=C\C/C=C\C/C=C\CCCCCCCCCCCCC(=O)NC(COC1OC(CO)C(OC2OC(CO)C(O)C(O)C2O)C(O)C1O)C(O)/C=C/CC/C=C/CC/C=C/CCCCC. The number of rotatable bonds is 40. The summed E-state index contributed by atoms with van der Waals surface area (Å²) in [6, 6.07) is -0.944. The number of aliphatic hydroxyl groups is 8. The maximum atomic E-state index is 13.2. The van der Waals surface area contributed by atoms with Crippen LogP contribution in [0.4, 0.5) is 0 Å². The highest BCUT2D eigenvalue weighted by Crippen LogP contribution is 2.30. The molecule has 0 spiro atoms. The lowest BCUT2D eigenvalue weighted by atomic mass is 9.97. The van der Waals surface area contributed by atoms with Crippen molar-refractivity contribution in [1.82, 2.24) is 5.32 Å². The Hall–Kier alpha value is -2.83. The molecule has 0 saturated carbocycles. The lowest BCUT2D eigenvalue weighted by Crippen LogP contribution is -2.65. The molecule has 0 aliphatic carbocycles. The average Bonchev–Trinajstić information content (AvgIpc) is 3.36. The molecule has 70 heavy (non-hydrogen) atoms. The van der Waals surface area contributed by atoms with Crippen LogP contribution in [-0.2, 0) is 23.7 Å². The molecule has 12 atom stereocenters. The molecule has 2 aliphatic heterocycles. The van der Waals surface area contributed by atoms with Crippen LogP contribution in [0.15, 0.2) is 85.1 Å². The van der Waals surface area contributed by atoms with E-state index in [1.54, 1.807) is 6.08 Å². The van der Waals surface area contributed by atoms with Crippen molar-refractivity contribution in [1.29, 1.82) is 0 Å². The van der Waals surface area contributed by atoms with Gasteiger partial charge in [-0.2, -0.15) is 0 Å². The van der Waals surface area contributed by atoms with E-state index in [-0.39, 0.29) is 18.9 Å². The summed E-state index contributed by atoms with van der Waals surface area (Å²) in [6.45, 7) is 2.59. The van der Waals surface area contributed by atoms with E-state index in [0.717, 1.165) is 77.0 Å². The third-order valence-corrected chi connectivity index (χ3v) is 12.5. The predicted octanol–water partition coefficient (Wildman–Crippen LogP) is 7.77. The second-order valence-corrected chi connectivity index (χ2v) is 18.6. The first-order chi connectivity index (χ1) is 34.1. The van der Waals surface area contributed by atoms with Crippen molar-refractivity contribution < 1.29 is 64.6 Å². The summed E-state index contributed by atoms with van der Waals surface area (Å²) in [6.07, 6.45) is 37.6. The number of hydrogen-bond acceptors (Lipinski definition) is 13. The molecule has 0 aromatic carbocycles. The van der Waals surface area contributed by atoms with E-state index in [2.05, 4.69) is 92.1 Å². The van der Waals surface area contributed by atoms with Crippen molar-refractivity contribution in [2.24, 2.45) is 0 Å². The molecule has 2 heterocycles. The number of nitrogens with one attached hydrogen (secondary N) is 1. The third-order valence-electron chi connectivity index (χ3n) is 12.5. The zero-order valence-electron chi connectivity index (χ0n) is 42.7. The number of amides is 1. The van der Waals surface area contributed by atoms with Crippen molar-refractivity contribution in [3.63, 3.8) is 0 Å². The minimum Gasteiger partial charge on any atom is -0.394 e. The molecule has 0 aromatic rings. The van der Waals surface area contributed by atoms with Gasteiger partial charge in [-0.1, -0.05) is 163 Å². The second kappa shape index (κ2) is 41.6. The second-order valence-electron chi connectivity index (χ2n) is 18.6. The standard InChI is InChI=1S/C56H95NO13/c1-3-5-7-9-11-13-15-17-18-19-20-21-22-23-24-25-26-28-30-32-34-36-38-40-48(61)57-44(45(60)39-37-35-33-31-29-27-16-14-12-10-8-6-4-2)43-67-55-53(66)51(64)54(47(42-59)69-55)70-56-52(65)50(63)49(62)46(41-58)68-56/h5,7,11-14,17-18,20-21,29,31,37,39,44-47,49-56,58-60,62-66H,3-4,6,8-10,15-16,19,22-28,30,32-36,38,40-43H2,1-2H3,(H,57,61)/b7-5-,13-11-,14-12+,18-17-,21-20-,31-29+,39-37+. The molecular weight excluding hydrogens is 895 g/mol. The number of carbonyl (C=O) groups excluding carboxylic acids is 1. The molecule has 402 valence electrons. The number of unbranched alkanes of at least 4 members (excludes halogenated alkanes) is 15. The molecule has 1 amide bonds. The molecule has 9 N–H and O–H groups in total. The zero-order valence-corrected chi connectivity index (χ0v) is 42.7. The Morgan fingerprint density at radius 2 is 1.00 bits per heavy atom. The normalized spacial score (nSPS) is 26.7. The summed E-state index contributed by atoms with van der Waals surface area (Å²) >= 11 is 0. The maximum absolute atomic E-state index is 13.2. The minimum absolute atomic E-state index is 0.260. The summed E-state index contributed by atoms with van der Waals surface area (Å²) in [5.74, 6) is -0.264. The van der Waals surface area contributed by atoms with Crippen molar-refractivity contribution in [2.45, 2.75) is 242 Å². The van der Waals surface area contributed by atoms with Crippen LogP contribution in [0.2, 0.25) is 0 Å². The molecule has 2 rings (SSSR count). The molecule has 14 nitrogen and oxygen atoms in total. The average molecular weight is 990 g/mol. The molecule has 2 fully saturated rings. The van der Waals surface area contributed by atoms with Gasteiger partial charge in [0.1, 0.15) is 48.8 Å². The molecule has 0 radical (unpaired) electrons. The smallest absolute Gasteiger partial charge is 0.220 e. The quantitative estimate of drug-likeness (QED) is 0.0212. The number of ether oxygens (including phenoxy) is 4. The molecular formula is C56H95NO13. The highest BCUT2D eigenvalue weighted by molar-refractivity contribution is 5.76. The Labute approximate surface area is 420 Å². The van der Waals surface area contributed by atoms with Crippen LogP contribution in [-0.4, -0.2) is 140 Å². The fraction of sp³-hybridized carbons (Fsp3) is 0.732. The summed E-state index contributed by atoms with van der Waals surface area (Å²) in [5, 5.41) is 86.8. The van der Waals surface area contributed by atoms with Crippen LogP contribution in [0.25, 0.3) is 0 Å². The maximum Gasteiger partial charge on any atom is 0.220 e. The van der Waals surface area contributed by atoms with Crippen molar-refractivity contribution in [3.05, 3.63) is 85.1 Å². The Bertz CT molecular complexity index is 1500.